The molecule has 1 fully saturated rings. The zero-order valence-electron chi connectivity index (χ0n) is 10.2. The quantitative estimate of drug-likeness (QED) is 0.570. The number of carbonyl (C=O) groups is 1. The Balaban J connectivity index is 2.28. The number of rotatable bonds is 8. The topological polar surface area (TPSA) is 75.4 Å². The fourth-order valence-corrected chi connectivity index (χ4v) is 2.05. The predicted octanol–water partition coefficient (Wildman–Crippen LogP) is 0.640. The molecular formula is C12H24N2O2. The highest BCUT2D eigenvalue weighted by atomic mass is 16.3. The molecular weight excluding hydrogens is 204 g/mol. The van der Waals surface area contributed by atoms with Crippen molar-refractivity contribution in [2.24, 2.45) is 17.1 Å². The summed E-state index contributed by atoms with van der Waals surface area (Å²) >= 11 is 0. The van der Waals surface area contributed by atoms with Gasteiger partial charge in [0.1, 0.15) is 0 Å². The summed E-state index contributed by atoms with van der Waals surface area (Å²) in [6.45, 7) is 3.40. The average Bonchev–Trinajstić information content (AvgIpc) is 3.04. The van der Waals surface area contributed by atoms with Gasteiger partial charge in [-0.15, -0.1) is 0 Å². The maximum atomic E-state index is 11.8. The average molecular weight is 228 g/mol. The first kappa shape index (κ1) is 13.5. The summed E-state index contributed by atoms with van der Waals surface area (Å²) in [6, 6.07) is 0. The summed E-state index contributed by atoms with van der Waals surface area (Å²) < 4.78 is 0. The van der Waals surface area contributed by atoms with Crippen LogP contribution in [0.15, 0.2) is 0 Å². The number of nitrogens with one attached hydrogen (secondary N) is 1. The minimum absolute atomic E-state index is 0.0464. The Bertz CT molecular complexity index is 227. The van der Waals surface area contributed by atoms with Gasteiger partial charge in [-0.3, -0.25) is 4.79 Å². The van der Waals surface area contributed by atoms with Gasteiger partial charge < -0.3 is 16.2 Å². The summed E-state index contributed by atoms with van der Waals surface area (Å²) in [7, 11) is 0. The first-order chi connectivity index (χ1) is 7.67. The lowest BCUT2D eigenvalue weighted by Crippen LogP contribution is -2.38. The van der Waals surface area contributed by atoms with Crippen LogP contribution in [0.2, 0.25) is 0 Å². The molecule has 1 amide bonds. The van der Waals surface area contributed by atoms with Gasteiger partial charge in [0.25, 0.3) is 0 Å². The van der Waals surface area contributed by atoms with Crippen molar-refractivity contribution in [3.63, 3.8) is 0 Å². The molecule has 4 N–H and O–H groups in total. The summed E-state index contributed by atoms with van der Waals surface area (Å²) in [5.74, 6) is 0.0310. The van der Waals surface area contributed by atoms with E-state index in [1.54, 1.807) is 0 Å². The first-order valence-electron chi connectivity index (χ1n) is 6.26. The van der Waals surface area contributed by atoms with Gasteiger partial charge in [-0.25, -0.2) is 0 Å². The van der Waals surface area contributed by atoms with Gasteiger partial charge in [0.05, 0.1) is 5.92 Å². The van der Waals surface area contributed by atoms with Crippen LogP contribution in [0.5, 0.6) is 0 Å². The number of aliphatic hydroxyl groups is 1. The molecule has 0 spiro atoms. The van der Waals surface area contributed by atoms with Crippen molar-refractivity contribution in [1.29, 1.82) is 0 Å². The number of hydrogen-bond donors (Lipinski definition) is 3. The van der Waals surface area contributed by atoms with E-state index in [9.17, 15) is 4.79 Å². The molecule has 16 heavy (non-hydrogen) atoms. The van der Waals surface area contributed by atoms with Gasteiger partial charge in [-0.05, 0) is 31.1 Å². The van der Waals surface area contributed by atoms with Gasteiger partial charge in [0.2, 0.25) is 5.91 Å². The molecule has 1 unspecified atom stereocenters. The SMILES string of the molecule is CCCC(CN)C(=O)NCC1(CCO)CC1. The molecule has 0 aromatic rings. The van der Waals surface area contributed by atoms with E-state index < -0.39 is 0 Å². The highest BCUT2D eigenvalue weighted by Gasteiger charge is 2.42. The predicted molar refractivity (Wildman–Crippen MR) is 63.8 cm³/mol. The van der Waals surface area contributed by atoms with Gasteiger partial charge >= 0.3 is 0 Å². The summed E-state index contributed by atoms with van der Waals surface area (Å²) in [6.07, 6.45) is 4.88. The Morgan fingerprint density at radius 3 is 2.69 bits per heavy atom. The fourth-order valence-electron chi connectivity index (χ4n) is 2.05. The maximum absolute atomic E-state index is 11.8. The smallest absolute Gasteiger partial charge is 0.224 e. The van der Waals surface area contributed by atoms with Crippen LogP contribution in [0.1, 0.15) is 39.0 Å². The van der Waals surface area contributed by atoms with Crippen molar-refractivity contribution in [3.05, 3.63) is 0 Å². The van der Waals surface area contributed by atoms with Crippen molar-refractivity contribution in [2.75, 3.05) is 19.7 Å². The van der Waals surface area contributed by atoms with E-state index in [1.165, 1.54) is 0 Å². The van der Waals surface area contributed by atoms with E-state index in [0.29, 0.717) is 13.1 Å². The molecule has 1 aliphatic rings. The minimum Gasteiger partial charge on any atom is -0.396 e. The number of hydrogen-bond acceptors (Lipinski definition) is 3. The van der Waals surface area contributed by atoms with Crippen molar-refractivity contribution < 1.29 is 9.90 Å². The molecule has 0 aromatic heterocycles. The molecule has 4 heteroatoms. The van der Waals surface area contributed by atoms with Crippen LogP contribution in [-0.2, 0) is 4.79 Å². The third-order valence-corrected chi connectivity index (χ3v) is 3.53. The Morgan fingerprint density at radius 2 is 2.25 bits per heavy atom. The van der Waals surface area contributed by atoms with Crippen LogP contribution in [-0.4, -0.2) is 30.7 Å². The second-order valence-corrected chi connectivity index (χ2v) is 4.91. The lowest BCUT2D eigenvalue weighted by molar-refractivity contribution is -0.125. The molecule has 1 aliphatic carbocycles. The lowest BCUT2D eigenvalue weighted by Gasteiger charge is -2.18. The van der Waals surface area contributed by atoms with Gasteiger partial charge in [-0.1, -0.05) is 13.3 Å². The van der Waals surface area contributed by atoms with E-state index in [-0.39, 0.29) is 23.8 Å². The van der Waals surface area contributed by atoms with Crippen molar-refractivity contribution >= 4 is 5.91 Å². The third kappa shape index (κ3) is 3.76. The van der Waals surface area contributed by atoms with E-state index in [0.717, 1.165) is 32.1 Å². The zero-order valence-corrected chi connectivity index (χ0v) is 10.2. The Kier molecular flexibility index (Phi) is 5.22. The molecule has 94 valence electrons. The zero-order chi connectivity index (χ0) is 12.0. The van der Waals surface area contributed by atoms with Gasteiger partial charge in [-0.2, -0.15) is 0 Å². The molecule has 4 nitrogen and oxygen atoms in total. The maximum Gasteiger partial charge on any atom is 0.224 e. The molecule has 1 atom stereocenters. The van der Waals surface area contributed by atoms with Gasteiger partial charge in [0, 0.05) is 19.7 Å². The van der Waals surface area contributed by atoms with E-state index in [4.69, 9.17) is 10.8 Å². The van der Waals surface area contributed by atoms with Crippen molar-refractivity contribution in [3.8, 4) is 0 Å². The molecule has 0 aliphatic heterocycles. The van der Waals surface area contributed by atoms with Crippen LogP contribution in [0.4, 0.5) is 0 Å². The summed E-state index contributed by atoms with van der Waals surface area (Å²) in [5, 5.41) is 11.9. The van der Waals surface area contributed by atoms with Crippen LogP contribution in [0.3, 0.4) is 0 Å². The summed E-state index contributed by atoms with van der Waals surface area (Å²) in [4.78, 5) is 11.8. The van der Waals surface area contributed by atoms with Crippen LogP contribution in [0.25, 0.3) is 0 Å². The van der Waals surface area contributed by atoms with Crippen LogP contribution >= 0.6 is 0 Å². The normalized spacial score (nSPS) is 19.2. The fraction of sp³-hybridized carbons (Fsp3) is 0.917. The van der Waals surface area contributed by atoms with Gasteiger partial charge in [0.15, 0.2) is 0 Å². The summed E-state index contributed by atoms with van der Waals surface area (Å²) in [5.41, 5.74) is 5.76. The highest BCUT2D eigenvalue weighted by molar-refractivity contribution is 5.78. The molecule has 0 bridgehead atoms. The van der Waals surface area contributed by atoms with Crippen molar-refractivity contribution in [2.45, 2.75) is 39.0 Å². The minimum atomic E-state index is -0.0464. The molecule has 0 heterocycles. The molecule has 0 aromatic carbocycles. The standard InChI is InChI=1S/C12H24N2O2/c1-2-3-10(8-13)11(16)14-9-12(4-5-12)6-7-15/h10,15H,2-9,13H2,1H3,(H,14,16). The first-order valence-corrected chi connectivity index (χ1v) is 6.26. The highest BCUT2D eigenvalue weighted by Crippen LogP contribution is 2.47. The number of amides is 1. The molecule has 1 saturated carbocycles. The second-order valence-electron chi connectivity index (χ2n) is 4.91. The molecule has 0 radical (unpaired) electrons. The molecule has 1 rings (SSSR count). The lowest BCUT2D eigenvalue weighted by atomic mass is 10.0. The van der Waals surface area contributed by atoms with Crippen molar-refractivity contribution in [1.82, 2.24) is 5.32 Å². The second kappa shape index (κ2) is 6.21. The largest absolute Gasteiger partial charge is 0.396 e. The van der Waals surface area contributed by atoms with E-state index in [1.807, 2.05) is 0 Å². The Labute approximate surface area is 97.6 Å². The third-order valence-electron chi connectivity index (χ3n) is 3.53. The van der Waals surface area contributed by atoms with Crippen LogP contribution < -0.4 is 11.1 Å². The monoisotopic (exact) mass is 228 g/mol. The van der Waals surface area contributed by atoms with E-state index in [2.05, 4.69) is 12.2 Å². The Hall–Kier alpha value is -0.610. The number of aliphatic hydroxyl groups excluding tert-OH is 1. The van der Waals surface area contributed by atoms with Crippen LogP contribution in [0, 0.1) is 11.3 Å². The van der Waals surface area contributed by atoms with E-state index >= 15 is 0 Å². The molecule has 0 saturated heterocycles. The number of carbonyl (C=O) groups excluding carboxylic acids is 1. The Morgan fingerprint density at radius 1 is 1.56 bits per heavy atom. The number of nitrogens with two attached hydrogens (primary N) is 1.